The third kappa shape index (κ3) is 4.94. The Bertz CT molecular complexity index is 1170. The molecule has 2 amide bonds. The number of nitrogens with zero attached hydrogens (tertiary/aromatic N) is 3. The number of hydrogen-bond acceptors (Lipinski definition) is 6. The van der Waals surface area contributed by atoms with E-state index in [0.717, 1.165) is 10.6 Å². The summed E-state index contributed by atoms with van der Waals surface area (Å²) in [5.41, 5.74) is 9.59. The molecule has 0 radical (unpaired) electrons. The van der Waals surface area contributed by atoms with Crippen LogP contribution in [0.1, 0.15) is 33.4 Å². The summed E-state index contributed by atoms with van der Waals surface area (Å²) in [5.74, 6) is -1.57. The highest BCUT2D eigenvalue weighted by Crippen LogP contribution is 2.35. The Kier molecular flexibility index (Phi) is 6.70. The van der Waals surface area contributed by atoms with Gasteiger partial charge in [0.25, 0.3) is 11.8 Å². The van der Waals surface area contributed by atoms with E-state index in [1.54, 1.807) is 0 Å². The van der Waals surface area contributed by atoms with Crippen LogP contribution < -0.4 is 9.80 Å². The molecule has 0 saturated carbocycles. The van der Waals surface area contributed by atoms with E-state index in [9.17, 15) is 14.4 Å². The summed E-state index contributed by atoms with van der Waals surface area (Å²) >= 11 is 0. The van der Waals surface area contributed by atoms with Crippen LogP contribution in [0, 0.1) is 41.5 Å². The Labute approximate surface area is 207 Å². The molecule has 2 aliphatic heterocycles. The molecule has 0 N–H and O–H groups in total. The van der Waals surface area contributed by atoms with Crippen LogP contribution in [0.25, 0.3) is 0 Å². The van der Waals surface area contributed by atoms with E-state index in [1.807, 2.05) is 0 Å². The smallest absolute Gasteiger partial charge is 0.326 e. The summed E-state index contributed by atoms with van der Waals surface area (Å²) in [6, 6.07) is 8.66. The van der Waals surface area contributed by atoms with Crippen LogP contribution >= 0.6 is 0 Å². The van der Waals surface area contributed by atoms with Gasteiger partial charge < -0.3 is 14.5 Å². The first kappa shape index (κ1) is 24.5. The van der Waals surface area contributed by atoms with Gasteiger partial charge in [-0.2, -0.15) is 0 Å². The monoisotopic (exact) mass is 475 g/mol. The van der Waals surface area contributed by atoms with E-state index in [2.05, 4.69) is 75.6 Å². The minimum atomic E-state index is -0.589. The van der Waals surface area contributed by atoms with Gasteiger partial charge in [0.2, 0.25) is 0 Å². The van der Waals surface area contributed by atoms with E-state index in [0.29, 0.717) is 13.2 Å². The number of imide groups is 1. The largest absolute Gasteiger partial charge is 0.462 e. The lowest BCUT2D eigenvalue weighted by Gasteiger charge is -2.29. The van der Waals surface area contributed by atoms with Gasteiger partial charge in [0.15, 0.2) is 0 Å². The molecule has 0 spiro atoms. The van der Waals surface area contributed by atoms with Crippen LogP contribution in [0.4, 0.5) is 11.4 Å². The summed E-state index contributed by atoms with van der Waals surface area (Å²) in [6.07, 6.45) is 2.34. The van der Waals surface area contributed by atoms with Crippen molar-refractivity contribution in [1.82, 2.24) is 4.90 Å². The third-order valence-corrected chi connectivity index (χ3v) is 6.69. The van der Waals surface area contributed by atoms with Gasteiger partial charge >= 0.3 is 5.97 Å². The predicted molar refractivity (Wildman–Crippen MR) is 137 cm³/mol. The number of aryl methyl sites for hydroxylation is 6. The summed E-state index contributed by atoms with van der Waals surface area (Å²) < 4.78 is 5.62. The number of esters is 1. The number of carbonyl (C=O) groups is 3. The van der Waals surface area contributed by atoms with Gasteiger partial charge in [-0.05, 0) is 63.8 Å². The van der Waals surface area contributed by atoms with Crippen LogP contribution in [0.3, 0.4) is 0 Å². The number of ether oxygens (including phenoxy) is 1. The van der Waals surface area contributed by atoms with Gasteiger partial charge in [0.1, 0.15) is 13.2 Å². The predicted octanol–water partition coefficient (Wildman–Crippen LogP) is 3.66. The fourth-order valence-corrected chi connectivity index (χ4v) is 5.52. The maximum atomic E-state index is 12.5. The lowest BCUT2D eigenvalue weighted by Crippen LogP contribution is -2.39. The molecule has 2 aliphatic rings. The second-order valence-electron chi connectivity index (χ2n) is 9.76. The topological polar surface area (TPSA) is 70.2 Å². The first-order valence-electron chi connectivity index (χ1n) is 11.9. The molecule has 2 aromatic carbocycles. The van der Waals surface area contributed by atoms with E-state index in [1.165, 1.54) is 51.2 Å². The summed E-state index contributed by atoms with van der Waals surface area (Å²) in [7, 11) is 0. The highest BCUT2D eigenvalue weighted by atomic mass is 16.5. The molecule has 184 valence electrons. The van der Waals surface area contributed by atoms with Gasteiger partial charge in [0.05, 0.1) is 12.7 Å². The Morgan fingerprint density at radius 3 is 1.83 bits per heavy atom. The van der Waals surface area contributed by atoms with Gasteiger partial charge in [-0.1, -0.05) is 35.4 Å². The zero-order chi connectivity index (χ0) is 25.4. The maximum absolute atomic E-state index is 12.5. The molecular formula is C28H33N3O4. The zero-order valence-corrected chi connectivity index (χ0v) is 21.3. The number of benzene rings is 2. The van der Waals surface area contributed by atoms with Crippen molar-refractivity contribution in [3.8, 4) is 0 Å². The SMILES string of the molecule is Cc1cc(C)c(N2CC(COC(=O)CN3C(=O)C=CC3=O)N(c3c(C)cc(C)cc3C)C2)c(C)c1. The molecule has 0 bridgehead atoms. The van der Waals surface area contributed by atoms with Gasteiger partial charge in [-0.25, -0.2) is 0 Å². The van der Waals surface area contributed by atoms with Crippen molar-refractivity contribution >= 4 is 29.2 Å². The summed E-state index contributed by atoms with van der Waals surface area (Å²) in [4.78, 5) is 41.7. The number of rotatable bonds is 6. The quantitative estimate of drug-likeness (QED) is 0.469. The Hall–Kier alpha value is -3.61. The lowest BCUT2D eigenvalue weighted by atomic mass is 10.0. The van der Waals surface area contributed by atoms with Crippen LogP contribution in [0.5, 0.6) is 0 Å². The Morgan fingerprint density at radius 1 is 0.829 bits per heavy atom. The molecule has 0 aromatic heterocycles. The first-order valence-corrected chi connectivity index (χ1v) is 11.9. The Morgan fingerprint density at radius 2 is 1.31 bits per heavy atom. The lowest BCUT2D eigenvalue weighted by molar-refractivity contribution is -0.151. The van der Waals surface area contributed by atoms with Crippen molar-refractivity contribution in [3.05, 3.63) is 69.8 Å². The number of carbonyl (C=O) groups excluding carboxylic acids is 3. The van der Waals surface area contributed by atoms with Crippen molar-refractivity contribution in [1.29, 1.82) is 0 Å². The molecule has 7 heteroatoms. The number of hydrogen-bond donors (Lipinski definition) is 0. The van der Waals surface area contributed by atoms with Crippen LogP contribution in [-0.2, 0) is 19.1 Å². The van der Waals surface area contributed by atoms with E-state index in [4.69, 9.17) is 4.74 Å². The molecule has 35 heavy (non-hydrogen) atoms. The van der Waals surface area contributed by atoms with Crippen molar-refractivity contribution in [3.63, 3.8) is 0 Å². The number of amides is 2. The standard InChI is InChI=1S/C28H33N3O4/c1-17-9-19(3)27(20(4)10-17)29-13-23(15-35-26(34)14-30-24(32)7-8-25(30)33)31(16-29)28-21(5)11-18(2)12-22(28)6/h7-12,23H,13-16H2,1-6H3. The molecule has 7 nitrogen and oxygen atoms in total. The molecule has 1 unspecified atom stereocenters. The average Bonchev–Trinajstić information content (AvgIpc) is 3.29. The van der Waals surface area contributed by atoms with E-state index < -0.39 is 17.8 Å². The normalized spacial score (nSPS) is 17.7. The molecular weight excluding hydrogens is 442 g/mol. The van der Waals surface area contributed by atoms with Crippen LogP contribution in [0.2, 0.25) is 0 Å². The number of anilines is 2. The Balaban J connectivity index is 1.58. The molecule has 2 aromatic rings. The van der Waals surface area contributed by atoms with Crippen molar-refractivity contribution in [2.24, 2.45) is 0 Å². The molecule has 1 atom stereocenters. The fourth-order valence-electron chi connectivity index (χ4n) is 5.52. The summed E-state index contributed by atoms with van der Waals surface area (Å²) in [5, 5.41) is 0. The molecule has 0 aliphatic carbocycles. The zero-order valence-electron chi connectivity index (χ0n) is 21.3. The van der Waals surface area contributed by atoms with Gasteiger partial charge in [-0.3, -0.25) is 19.3 Å². The fraction of sp³-hybridized carbons (Fsp3) is 0.393. The molecule has 1 fully saturated rings. The first-order chi connectivity index (χ1) is 16.5. The van der Waals surface area contributed by atoms with Gasteiger partial charge in [-0.15, -0.1) is 0 Å². The minimum Gasteiger partial charge on any atom is -0.462 e. The minimum absolute atomic E-state index is 0.0812. The highest BCUT2D eigenvalue weighted by Gasteiger charge is 2.35. The molecule has 4 rings (SSSR count). The third-order valence-electron chi connectivity index (χ3n) is 6.69. The maximum Gasteiger partial charge on any atom is 0.326 e. The van der Waals surface area contributed by atoms with Gasteiger partial charge in [0, 0.05) is 30.1 Å². The molecule has 1 saturated heterocycles. The van der Waals surface area contributed by atoms with Crippen molar-refractivity contribution < 1.29 is 19.1 Å². The van der Waals surface area contributed by atoms with E-state index in [-0.39, 0.29) is 19.2 Å². The van der Waals surface area contributed by atoms with E-state index >= 15 is 0 Å². The second kappa shape index (κ2) is 9.56. The summed E-state index contributed by atoms with van der Waals surface area (Å²) in [6.45, 7) is 13.8. The van der Waals surface area contributed by atoms with Crippen LogP contribution in [-0.4, -0.2) is 55.1 Å². The highest BCUT2D eigenvalue weighted by molar-refractivity contribution is 6.14. The van der Waals surface area contributed by atoms with Crippen molar-refractivity contribution in [2.75, 3.05) is 36.2 Å². The van der Waals surface area contributed by atoms with Crippen molar-refractivity contribution in [2.45, 2.75) is 47.6 Å². The molecule has 2 heterocycles. The second-order valence-corrected chi connectivity index (χ2v) is 9.76. The average molecular weight is 476 g/mol. The van der Waals surface area contributed by atoms with Crippen LogP contribution in [0.15, 0.2) is 36.4 Å².